The molecule has 1 atom stereocenters. The maximum Gasteiger partial charge on any atom is 0.124 e. The summed E-state index contributed by atoms with van der Waals surface area (Å²) in [6.45, 7) is 9.38. The van der Waals surface area contributed by atoms with E-state index < -0.39 is 0 Å². The number of aromatic nitrogens is 4. The number of benzene rings is 1. The number of nitrogens with one attached hydrogen (secondary N) is 1. The lowest BCUT2D eigenvalue weighted by atomic mass is 9.99. The van der Waals surface area contributed by atoms with E-state index in [1.807, 2.05) is 0 Å². The van der Waals surface area contributed by atoms with Crippen molar-refractivity contribution in [1.29, 1.82) is 0 Å². The molecule has 0 unspecified atom stereocenters. The monoisotopic (exact) mass is 337 g/mol. The predicted octanol–water partition coefficient (Wildman–Crippen LogP) is 3.79. The second-order valence-electron chi connectivity index (χ2n) is 7.38. The van der Waals surface area contributed by atoms with Crippen LogP contribution in [-0.4, -0.2) is 25.6 Å². The normalized spacial score (nSPS) is 17.4. The van der Waals surface area contributed by atoms with Crippen LogP contribution in [0.3, 0.4) is 0 Å². The Balaban J connectivity index is 1.49. The first-order chi connectivity index (χ1) is 12.1. The van der Waals surface area contributed by atoms with E-state index in [1.165, 1.54) is 24.2 Å². The number of hydrogen-bond acceptors (Lipinski definition) is 3. The van der Waals surface area contributed by atoms with E-state index in [0.29, 0.717) is 12.0 Å². The van der Waals surface area contributed by atoms with Crippen molar-refractivity contribution < 1.29 is 0 Å². The van der Waals surface area contributed by atoms with E-state index in [-0.39, 0.29) is 0 Å². The molecule has 25 heavy (non-hydrogen) atoms. The molecule has 0 bridgehead atoms. The van der Waals surface area contributed by atoms with Gasteiger partial charge in [0.1, 0.15) is 11.6 Å². The van der Waals surface area contributed by atoms with E-state index in [4.69, 9.17) is 9.97 Å². The Morgan fingerprint density at radius 2 is 2.08 bits per heavy atom. The summed E-state index contributed by atoms with van der Waals surface area (Å²) in [6.07, 6.45) is 4.63. The van der Waals surface area contributed by atoms with Crippen molar-refractivity contribution in [3.8, 4) is 0 Å². The van der Waals surface area contributed by atoms with E-state index in [9.17, 15) is 0 Å². The molecule has 1 N–H and O–H groups in total. The maximum atomic E-state index is 4.84. The average Bonchev–Trinajstić information content (AvgIpc) is 3.14. The summed E-state index contributed by atoms with van der Waals surface area (Å²) >= 11 is 0. The lowest BCUT2D eigenvalue weighted by Gasteiger charge is -2.23. The molecule has 0 fully saturated rings. The molecular weight excluding hydrogens is 310 g/mol. The van der Waals surface area contributed by atoms with E-state index in [0.717, 1.165) is 36.7 Å². The summed E-state index contributed by atoms with van der Waals surface area (Å²) in [5.74, 6) is 2.86. The van der Waals surface area contributed by atoms with Gasteiger partial charge in [0.2, 0.25) is 0 Å². The summed E-state index contributed by atoms with van der Waals surface area (Å²) < 4.78 is 4.67. The molecule has 132 valence electrons. The van der Waals surface area contributed by atoms with Crippen molar-refractivity contribution in [3.63, 3.8) is 0 Å². The van der Waals surface area contributed by atoms with Crippen LogP contribution in [0.25, 0.3) is 11.0 Å². The lowest BCUT2D eigenvalue weighted by molar-refractivity contribution is 0.418. The topological polar surface area (TPSA) is 47.7 Å². The summed E-state index contributed by atoms with van der Waals surface area (Å²) in [7, 11) is 0. The van der Waals surface area contributed by atoms with Crippen LogP contribution in [-0.2, 0) is 13.1 Å². The third-order valence-electron chi connectivity index (χ3n) is 5.10. The van der Waals surface area contributed by atoms with Gasteiger partial charge in [-0.2, -0.15) is 0 Å². The first-order valence-corrected chi connectivity index (χ1v) is 9.33. The van der Waals surface area contributed by atoms with Gasteiger partial charge < -0.3 is 14.5 Å². The highest BCUT2D eigenvalue weighted by molar-refractivity contribution is 5.76. The molecule has 3 aromatic rings. The zero-order valence-corrected chi connectivity index (χ0v) is 15.4. The van der Waals surface area contributed by atoms with Crippen molar-refractivity contribution >= 4 is 11.0 Å². The molecule has 5 heteroatoms. The van der Waals surface area contributed by atoms with Crippen molar-refractivity contribution in [2.45, 2.75) is 58.7 Å². The second kappa shape index (κ2) is 6.64. The third kappa shape index (κ3) is 3.09. The van der Waals surface area contributed by atoms with Crippen LogP contribution in [0.5, 0.6) is 0 Å². The van der Waals surface area contributed by atoms with Crippen LogP contribution in [0.1, 0.15) is 56.0 Å². The largest absolute Gasteiger partial charge is 0.334 e. The molecule has 0 spiro atoms. The first-order valence-electron chi connectivity index (χ1n) is 9.33. The van der Waals surface area contributed by atoms with Crippen molar-refractivity contribution in [2.24, 2.45) is 0 Å². The second-order valence-corrected chi connectivity index (χ2v) is 7.38. The number of fused-ring (bicyclic) bond motifs is 2. The van der Waals surface area contributed by atoms with Gasteiger partial charge >= 0.3 is 0 Å². The van der Waals surface area contributed by atoms with Crippen molar-refractivity contribution in [1.82, 2.24) is 24.4 Å². The van der Waals surface area contributed by atoms with Crippen LogP contribution < -0.4 is 5.32 Å². The zero-order valence-electron chi connectivity index (χ0n) is 15.4. The highest BCUT2D eigenvalue weighted by Crippen LogP contribution is 2.26. The highest BCUT2D eigenvalue weighted by Gasteiger charge is 2.22. The number of nitrogens with zero attached hydrogens (tertiary/aromatic N) is 4. The molecule has 1 aliphatic rings. The Labute approximate surface area is 149 Å². The van der Waals surface area contributed by atoms with Gasteiger partial charge in [-0.3, -0.25) is 0 Å². The van der Waals surface area contributed by atoms with Gasteiger partial charge in [0.05, 0.1) is 23.3 Å². The quantitative estimate of drug-likeness (QED) is 0.770. The van der Waals surface area contributed by atoms with Crippen LogP contribution >= 0.6 is 0 Å². The smallest absolute Gasteiger partial charge is 0.124 e. The summed E-state index contributed by atoms with van der Waals surface area (Å²) in [5.41, 5.74) is 3.43. The SMILES string of the molecule is Cc1cn2c(n1)[C@@H](CNCc1nc3ccccc3n1C(C)C)CCC2. The fraction of sp³-hybridized carbons (Fsp3) is 0.500. The molecule has 0 aliphatic carbocycles. The van der Waals surface area contributed by atoms with E-state index in [1.54, 1.807) is 0 Å². The van der Waals surface area contributed by atoms with Gasteiger partial charge in [-0.05, 0) is 45.7 Å². The minimum Gasteiger partial charge on any atom is -0.334 e. The molecule has 0 saturated heterocycles. The Bertz CT molecular complexity index is 873. The fourth-order valence-corrected chi connectivity index (χ4v) is 4.05. The maximum absolute atomic E-state index is 4.84. The molecule has 1 aromatic carbocycles. The standard InChI is InChI=1S/C20H27N5/c1-14(2)25-18-9-5-4-8-17(18)23-19(25)12-21-11-16-7-6-10-24-13-15(3)22-20(16)24/h4-5,8-9,13-14,16,21H,6-7,10-12H2,1-3H3/t16-/m1/s1. The average molecular weight is 337 g/mol. The third-order valence-corrected chi connectivity index (χ3v) is 5.10. The minimum absolute atomic E-state index is 0.403. The number of rotatable bonds is 5. The van der Waals surface area contributed by atoms with Gasteiger partial charge in [-0.25, -0.2) is 9.97 Å². The fourth-order valence-electron chi connectivity index (χ4n) is 4.05. The van der Waals surface area contributed by atoms with Gasteiger partial charge in [0.15, 0.2) is 0 Å². The molecule has 0 radical (unpaired) electrons. The molecule has 2 aromatic heterocycles. The highest BCUT2D eigenvalue weighted by atomic mass is 15.1. The van der Waals surface area contributed by atoms with Crippen LogP contribution in [0.2, 0.25) is 0 Å². The zero-order chi connectivity index (χ0) is 17.4. The van der Waals surface area contributed by atoms with Crippen LogP contribution in [0.4, 0.5) is 0 Å². The van der Waals surface area contributed by atoms with Gasteiger partial charge in [0.25, 0.3) is 0 Å². The first kappa shape index (κ1) is 16.3. The molecule has 0 saturated carbocycles. The Hall–Kier alpha value is -2.14. The molecule has 4 rings (SSSR count). The number of aryl methyl sites for hydroxylation is 2. The Kier molecular flexibility index (Phi) is 4.34. The van der Waals surface area contributed by atoms with Crippen molar-refractivity contribution in [2.75, 3.05) is 6.54 Å². The molecule has 0 amide bonds. The Morgan fingerprint density at radius 1 is 1.24 bits per heavy atom. The Morgan fingerprint density at radius 3 is 2.92 bits per heavy atom. The van der Waals surface area contributed by atoms with E-state index >= 15 is 0 Å². The predicted molar refractivity (Wildman–Crippen MR) is 101 cm³/mol. The number of hydrogen-bond donors (Lipinski definition) is 1. The molecular formula is C20H27N5. The number of para-hydroxylation sites is 2. The number of imidazole rings is 2. The summed E-state index contributed by atoms with van der Waals surface area (Å²) in [4.78, 5) is 9.59. The molecule has 3 heterocycles. The van der Waals surface area contributed by atoms with Crippen molar-refractivity contribution in [3.05, 3.63) is 47.8 Å². The molecule has 5 nitrogen and oxygen atoms in total. The summed E-state index contributed by atoms with van der Waals surface area (Å²) in [5, 5.41) is 3.64. The van der Waals surface area contributed by atoms with Gasteiger partial charge in [0, 0.05) is 31.2 Å². The van der Waals surface area contributed by atoms with Crippen LogP contribution in [0, 0.1) is 6.92 Å². The van der Waals surface area contributed by atoms with Gasteiger partial charge in [-0.1, -0.05) is 12.1 Å². The lowest BCUT2D eigenvalue weighted by Crippen LogP contribution is -2.27. The minimum atomic E-state index is 0.403. The summed E-state index contributed by atoms with van der Waals surface area (Å²) in [6, 6.07) is 8.80. The van der Waals surface area contributed by atoms with E-state index in [2.05, 4.69) is 65.7 Å². The van der Waals surface area contributed by atoms with Gasteiger partial charge in [-0.15, -0.1) is 0 Å². The molecule has 1 aliphatic heterocycles. The van der Waals surface area contributed by atoms with Crippen LogP contribution in [0.15, 0.2) is 30.5 Å².